The van der Waals surface area contributed by atoms with E-state index in [1.54, 1.807) is 6.08 Å². The number of nitrogens with one attached hydrogen (secondary N) is 1. The predicted octanol–water partition coefficient (Wildman–Crippen LogP) is 13.1. The third-order valence-corrected chi connectivity index (χ3v) is 8.80. The molecule has 0 aliphatic heterocycles. The van der Waals surface area contributed by atoms with Crippen LogP contribution in [0, 0.1) is 0 Å². The lowest BCUT2D eigenvalue weighted by molar-refractivity contribution is -0.123. The number of allylic oxidation sites excluding steroid dienone is 15. The lowest BCUT2D eigenvalue weighted by atomic mass is 10.1. The topological polar surface area (TPSA) is 69.6 Å². The third kappa shape index (κ3) is 38.4. The highest BCUT2D eigenvalue weighted by Gasteiger charge is 2.17. The van der Waals surface area contributed by atoms with Gasteiger partial charge in [0.25, 0.3) is 0 Å². The number of unbranched alkanes of at least 4 members (excludes halogenated alkanes) is 15. The number of carbonyl (C=O) groups is 1. The molecule has 3 N–H and O–H groups in total. The Kier molecular flexibility index (Phi) is 39.5. The van der Waals surface area contributed by atoms with Crippen molar-refractivity contribution in [1.29, 1.82) is 0 Å². The zero-order valence-corrected chi connectivity index (χ0v) is 33.1. The molecule has 0 heterocycles. The molecule has 0 rings (SSSR count). The van der Waals surface area contributed by atoms with Crippen LogP contribution in [-0.2, 0) is 4.79 Å². The van der Waals surface area contributed by atoms with E-state index in [0.717, 1.165) is 89.9 Å². The van der Waals surface area contributed by atoms with Crippen LogP contribution in [0.1, 0.15) is 174 Å². The summed E-state index contributed by atoms with van der Waals surface area (Å²) in [6.45, 7) is 4.15. The van der Waals surface area contributed by atoms with E-state index in [9.17, 15) is 15.0 Å². The van der Waals surface area contributed by atoms with Crippen LogP contribution < -0.4 is 5.32 Å². The minimum atomic E-state index is -0.879. The summed E-state index contributed by atoms with van der Waals surface area (Å²) in [6, 6.07) is -0.659. The first-order chi connectivity index (χ1) is 25.2. The van der Waals surface area contributed by atoms with E-state index in [0.29, 0.717) is 6.42 Å². The second-order valence-electron chi connectivity index (χ2n) is 13.7. The second-order valence-corrected chi connectivity index (χ2v) is 13.7. The molecule has 0 bridgehead atoms. The normalized spacial score (nSPS) is 14.0. The zero-order valence-electron chi connectivity index (χ0n) is 33.1. The van der Waals surface area contributed by atoms with Crippen molar-refractivity contribution in [2.24, 2.45) is 0 Å². The minimum Gasteiger partial charge on any atom is -0.394 e. The van der Waals surface area contributed by atoms with Crippen molar-refractivity contribution in [3.63, 3.8) is 0 Å². The molecule has 0 saturated carbocycles. The summed E-state index contributed by atoms with van der Waals surface area (Å²) in [6.07, 6.45) is 62.1. The van der Waals surface area contributed by atoms with Gasteiger partial charge in [-0.3, -0.25) is 4.79 Å². The molecule has 0 aliphatic rings. The van der Waals surface area contributed by atoms with Gasteiger partial charge in [0.15, 0.2) is 0 Å². The maximum atomic E-state index is 12.4. The Balaban J connectivity index is 3.75. The summed E-state index contributed by atoms with van der Waals surface area (Å²) in [5.74, 6) is -0.103. The summed E-state index contributed by atoms with van der Waals surface area (Å²) < 4.78 is 0. The zero-order chi connectivity index (χ0) is 37.1. The molecule has 4 nitrogen and oxygen atoms in total. The van der Waals surface area contributed by atoms with Crippen molar-refractivity contribution in [3.8, 4) is 0 Å². The molecule has 2 atom stereocenters. The number of carbonyl (C=O) groups excluding carboxylic acids is 1. The van der Waals surface area contributed by atoms with Gasteiger partial charge < -0.3 is 15.5 Å². The van der Waals surface area contributed by atoms with Crippen LogP contribution in [-0.4, -0.2) is 34.9 Å². The van der Waals surface area contributed by atoms with E-state index in [4.69, 9.17) is 0 Å². The van der Waals surface area contributed by atoms with Gasteiger partial charge in [0, 0.05) is 6.42 Å². The van der Waals surface area contributed by atoms with Crippen LogP contribution in [0.25, 0.3) is 0 Å². The monoisotopic (exact) mass is 706 g/mol. The van der Waals surface area contributed by atoms with Crippen molar-refractivity contribution in [1.82, 2.24) is 5.32 Å². The molecule has 0 aromatic carbocycles. The molecule has 0 aliphatic carbocycles. The van der Waals surface area contributed by atoms with Gasteiger partial charge in [-0.25, -0.2) is 0 Å². The number of hydrogen-bond acceptors (Lipinski definition) is 3. The molecular weight excluding hydrogens is 627 g/mol. The van der Waals surface area contributed by atoms with Crippen LogP contribution in [0.15, 0.2) is 97.2 Å². The van der Waals surface area contributed by atoms with E-state index >= 15 is 0 Å². The lowest BCUT2D eigenvalue weighted by Gasteiger charge is -2.19. The van der Waals surface area contributed by atoms with E-state index < -0.39 is 12.1 Å². The van der Waals surface area contributed by atoms with Gasteiger partial charge in [0.1, 0.15) is 0 Å². The Morgan fingerprint density at radius 2 is 0.882 bits per heavy atom. The Labute approximate surface area is 315 Å². The average Bonchev–Trinajstić information content (AvgIpc) is 3.13. The van der Waals surface area contributed by atoms with Crippen molar-refractivity contribution >= 4 is 5.91 Å². The molecule has 0 fully saturated rings. The summed E-state index contributed by atoms with van der Waals surface area (Å²) in [5.41, 5.74) is 0. The van der Waals surface area contributed by atoms with Crippen LogP contribution in [0.4, 0.5) is 0 Å². The molecule has 4 heteroatoms. The quantitative estimate of drug-likeness (QED) is 0.0449. The van der Waals surface area contributed by atoms with Crippen LogP contribution in [0.3, 0.4) is 0 Å². The number of aliphatic hydroxyl groups excluding tert-OH is 2. The molecule has 0 spiro atoms. The smallest absolute Gasteiger partial charge is 0.220 e. The summed E-state index contributed by atoms with van der Waals surface area (Å²) in [7, 11) is 0. The number of hydrogen-bond donors (Lipinski definition) is 3. The van der Waals surface area contributed by atoms with Gasteiger partial charge in [-0.1, -0.05) is 182 Å². The number of amides is 1. The minimum absolute atomic E-state index is 0.103. The van der Waals surface area contributed by atoms with Gasteiger partial charge in [0.05, 0.1) is 18.8 Å². The van der Waals surface area contributed by atoms with E-state index in [-0.39, 0.29) is 12.5 Å². The van der Waals surface area contributed by atoms with Gasteiger partial charge in [-0.2, -0.15) is 0 Å². The fraction of sp³-hybridized carbons (Fsp3) is 0.638. The molecule has 0 saturated heterocycles. The molecule has 1 amide bonds. The molecule has 2 unspecified atom stereocenters. The lowest BCUT2D eigenvalue weighted by Crippen LogP contribution is -2.45. The second kappa shape index (κ2) is 41.7. The highest BCUT2D eigenvalue weighted by molar-refractivity contribution is 5.76. The summed E-state index contributed by atoms with van der Waals surface area (Å²) >= 11 is 0. The first kappa shape index (κ1) is 48.3. The highest BCUT2D eigenvalue weighted by atomic mass is 16.3. The van der Waals surface area contributed by atoms with Gasteiger partial charge in [-0.15, -0.1) is 0 Å². The van der Waals surface area contributed by atoms with Gasteiger partial charge in [0.2, 0.25) is 5.91 Å². The third-order valence-electron chi connectivity index (χ3n) is 8.80. The SMILES string of the molecule is CC/C=C\C/C=C\C/C=C\C/C=C\C/C=C\C/C=C\CCCCCCC(=O)NC(CO)C(O)/C=C/CC/C=C/CCCCCCCCCCCC. The van der Waals surface area contributed by atoms with Crippen LogP contribution in [0.5, 0.6) is 0 Å². The first-order valence-electron chi connectivity index (χ1n) is 21.0. The predicted molar refractivity (Wildman–Crippen MR) is 225 cm³/mol. The van der Waals surface area contributed by atoms with Crippen molar-refractivity contribution < 1.29 is 15.0 Å². The molecule has 290 valence electrons. The maximum absolute atomic E-state index is 12.4. The highest BCUT2D eigenvalue weighted by Crippen LogP contribution is 2.12. The largest absolute Gasteiger partial charge is 0.394 e. The Morgan fingerprint density at radius 1 is 0.490 bits per heavy atom. The molecule has 0 aromatic rings. The molecular formula is C47H79NO3. The van der Waals surface area contributed by atoms with E-state index in [2.05, 4.69) is 104 Å². The van der Waals surface area contributed by atoms with Crippen molar-refractivity contribution in [2.45, 2.75) is 187 Å². The van der Waals surface area contributed by atoms with E-state index in [1.165, 1.54) is 64.2 Å². The summed E-state index contributed by atoms with van der Waals surface area (Å²) in [5, 5.41) is 22.9. The van der Waals surface area contributed by atoms with Crippen LogP contribution in [0.2, 0.25) is 0 Å². The van der Waals surface area contributed by atoms with Gasteiger partial charge >= 0.3 is 0 Å². The van der Waals surface area contributed by atoms with Crippen molar-refractivity contribution in [2.75, 3.05) is 6.61 Å². The fourth-order valence-corrected chi connectivity index (χ4v) is 5.61. The Bertz CT molecular complexity index is 983. The Hall–Kier alpha value is -2.69. The van der Waals surface area contributed by atoms with Crippen molar-refractivity contribution in [3.05, 3.63) is 97.2 Å². The molecule has 0 aromatic heterocycles. The maximum Gasteiger partial charge on any atom is 0.220 e. The first-order valence-corrected chi connectivity index (χ1v) is 21.0. The number of aliphatic hydroxyl groups is 2. The molecule has 51 heavy (non-hydrogen) atoms. The fourth-order valence-electron chi connectivity index (χ4n) is 5.61. The molecule has 0 radical (unpaired) electrons. The van der Waals surface area contributed by atoms with E-state index in [1.807, 2.05) is 6.08 Å². The Morgan fingerprint density at radius 3 is 1.37 bits per heavy atom. The number of rotatable bonds is 36. The van der Waals surface area contributed by atoms with Gasteiger partial charge in [-0.05, 0) is 83.5 Å². The summed E-state index contributed by atoms with van der Waals surface area (Å²) in [4.78, 5) is 12.4. The van der Waals surface area contributed by atoms with Crippen LogP contribution >= 0.6 is 0 Å². The standard InChI is InChI=1S/C47H79NO3/c1-3-5-7-9-11-13-15-17-19-21-22-23-24-25-26-27-29-31-33-35-37-39-41-43-47(51)48-45(44-49)46(50)42-40-38-36-34-32-30-28-20-18-16-14-12-10-8-6-4-2/h5,7,11,13,17,19,22-23,25-26,29,31-32,34,40,42,45-46,49-50H,3-4,6,8-10,12,14-16,18,20-21,24,27-28,30,33,35-39,41,43-44H2,1-2H3,(H,48,51)/b7-5-,13-11-,19-17-,23-22-,26-25-,31-29-,34-32+,42-40+. The average molecular weight is 706 g/mol.